The van der Waals surface area contributed by atoms with E-state index in [9.17, 15) is 8.42 Å². The first-order chi connectivity index (χ1) is 13.0. The highest BCUT2D eigenvalue weighted by Crippen LogP contribution is 2.26. The molecule has 1 saturated heterocycles. The van der Waals surface area contributed by atoms with Crippen molar-refractivity contribution in [3.8, 4) is 0 Å². The molecule has 0 spiro atoms. The standard InChI is InChI=1S/C22H28N2O2S/c1-18-6-8-19(9-7-18)17-23-12-14-24(15-13-23)27(25,26)22-11-10-20-4-2-3-5-21(20)16-22/h6-11,16H,2-5,12-15,17H2,1H3. The van der Waals surface area contributed by atoms with Crippen LogP contribution in [0.2, 0.25) is 0 Å². The Balaban J connectivity index is 1.41. The fourth-order valence-corrected chi connectivity index (χ4v) is 5.57. The van der Waals surface area contributed by atoms with Crippen LogP contribution in [0.1, 0.15) is 35.1 Å². The van der Waals surface area contributed by atoms with Gasteiger partial charge < -0.3 is 0 Å². The summed E-state index contributed by atoms with van der Waals surface area (Å²) < 4.78 is 27.8. The lowest BCUT2D eigenvalue weighted by Crippen LogP contribution is -2.48. The lowest BCUT2D eigenvalue weighted by Gasteiger charge is -2.34. The predicted molar refractivity (Wildman–Crippen MR) is 108 cm³/mol. The molecule has 0 atom stereocenters. The zero-order chi connectivity index (χ0) is 18.9. The van der Waals surface area contributed by atoms with Crippen LogP contribution in [-0.4, -0.2) is 43.8 Å². The quantitative estimate of drug-likeness (QED) is 0.811. The lowest BCUT2D eigenvalue weighted by atomic mass is 9.92. The molecule has 4 nitrogen and oxygen atoms in total. The summed E-state index contributed by atoms with van der Waals surface area (Å²) >= 11 is 0. The molecule has 1 aliphatic carbocycles. The van der Waals surface area contributed by atoms with Crippen molar-refractivity contribution in [3.05, 3.63) is 64.7 Å². The van der Waals surface area contributed by atoms with Crippen molar-refractivity contribution < 1.29 is 8.42 Å². The maximum absolute atomic E-state index is 13.1. The maximum Gasteiger partial charge on any atom is 0.243 e. The molecule has 4 rings (SSSR count). The Labute approximate surface area is 162 Å². The first-order valence-electron chi connectivity index (χ1n) is 9.92. The van der Waals surface area contributed by atoms with E-state index in [0.717, 1.165) is 38.9 Å². The molecular weight excluding hydrogens is 356 g/mol. The van der Waals surface area contributed by atoms with Crippen LogP contribution in [0.4, 0.5) is 0 Å². The van der Waals surface area contributed by atoms with Gasteiger partial charge in [0, 0.05) is 32.7 Å². The number of piperazine rings is 1. The van der Waals surface area contributed by atoms with Crippen LogP contribution in [-0.2, 0) is 29.4 Å². The summed E-state index contributed by atoms with van der Waals surface area (Å²) in [4.78, 5) is 2.80. The average Bonchev–Trinajstić information content (AvgIpc) is 2.70. The Hall–Kier alpha value is -1.69. The van der Waals surface area contributed by atoms with Crippen LogP contribution in [0.3, 0.4) is 0 Å². The second-order valence-corrected chi connectivity index (χ2v) is 9.74. The van der Waals surface area contributed by atoms with E-state index in [1.165, 1.54) is 28.7 Å². The Kier molecular flexibility index (Phi) is 5.35. The third-order valence-electron chi connectivity index (χ3n) is 5.82. The molecule has 0 saturated carbocycles. The highest BCUT2D eigenvalue weighted by atomic mass is 32.2. The van der Waals surface area contributed by atoms with Crippen molar-refractivity contribution in [2.45, 2.75) is 44.0 Å². The van der Waals surface area contributed by atoms with E-state index in [-0.39, 0.29) is 0 Å². The van der Waals surface area contributed by atoms with Gasteiger partial charge in [-0.1, -0.05) is 35.9 Å². The molecule has 2 aliphatic rings. The van der Waals surface area contributed by atoms with Gasteiger partial charge in [-0.05, 0) is 61.4 Å². The summed E-state index contributed by atoms with van der Waals surface area (Å²) in [6, 6.07) is 14.3. The van der Waals surface area contributed by atoms with Crippen molar-refractivity contribution in [1.29, 1.82) is 0 Å². The smallest absolute Gasteiger partial charge is 0.243 e. The van der Waals surface area contributed by atoms with Gasteiger partial charge in [-0.3, -0.25) is 4.90 Å². The number of aryl methyl sites for hydroxylation is 3. The van der Waals surface area contributed by atoms with Gasteiger partial charge in [0.15, 0.2) is 0 Å². The topological polar surface area (TPSA) is 40.6 Å². The van der Waals surface area contributed by atoms with E-state index in [2.05, 4.69) is 36.1 Å². The monoisotopic (exact) mass is 384 g/mol. The minimum Gasteiger partial charge on any atom is -0.296 e. The van der Waals surface area contributed by atoms with Gasteiger partial charge >= 0.3 is 0 Å². The van der Waals surface area contributed by atoms with Crippen molar-refractivity contribution in [3.63, 3.8) is 0 Å². The molecule has 1 aliphatic heterocycles. The Morgan fingerprint density at radius 3 is 2.22 bits per heavy atom. The van der Waals surface area contributed by atoms with Gasteiger partial charge in [0.1, 0.15) is 0 Å². The largest absolute Gasteiger partial charge is 0.296 e. The maximum atomic E-state index is 13.1. The van der Waals surface area contributed by atoms with Crippen molar-refractivity contribution >= 4 is 10.0 Å². The molecule has 0 amide bonds. The summed E-state index contributed by atoms with van der Waals surface area (Å²) in [5, 5.41) is 0. The number of sulfonamides is 1. The Morgan fingerprint density at radius 2 is 1.52 bits per heavy atom. The van der Waals surface area contributed by atoms with Crippen LogP contribution < -0.4 is 0 Å². The minimum atomic E-state index is -3.39. The highest BCUT2D eigenvalue weighted by molar-refractivity contribution is 7.89. The van der Waals surface area contributed by atoms with E-state index in [0.29, 0.717) is 18.0 Å². The average molecular weight is 385 g/mol. The second-order valence-electron chi connectivity index (χ2n) is 7.80. The molecule has 2 aromatic rings. The molecule has 0 radical (unpaired) electrons. The fraction of sp³-hybridized carbons (Fsp3) is 0.455. The van der Waals surface area contributed by atoms with Crippen LogP contribution >= 0.6 is 0 Å². The third kappa shape index (κ3) is 4.10. The number of rotatable bonds is 4. The van der Waals surface area contributed by atoms with Crippen LogP contribution in [0.25, 0.3) is 0 Å². The third-order valence-corrected chi connectivity index (χ3v) is 7.71. The number of hydrogen-bond donors (Lipinski definition) is 0. The molecule has 1 fully saturated rings. The van der Waals surface area contributed by atoms with E-state index in [1.807, 2.05) is 12.1 Å². The first-order valence-corrected chi connectivity index (χ1v) is 11.4. The number of benzene rings is 2. The zero-order valence-electron chi connectivity index (χ0n) is 16.0. The summed E-state index contributed by atoms with van der Waals surface area (Å²) in [5.74, 6) is 0. The number of hydrogen-bond acceptors (Lipinski definition) is 3. The van der Waals surface area contributed by atoms with Gasteiger partial charge in [-0.2, -0.15) is 4.31 Å². The SMILES string of the molecule is Cc1ccc(CN2CCN(S(=O)(=O)c3ccc4c(c3)CCCC4)CC2)cc1. The van der Waals surface area contributed by atoms with Crippen LogP contribution in [0.5, 0.6) is 0 Å². The summed E-state index contributed by atoms with van der Waals surface area (Å²) in [6.45, 7) is 5.65. The first kappa shape index (κ1) is 18.7. The van der Waals surface area contributed by atoms with Crippen molar-refractivity contribution in [2.75, 3.05) is 26.2 Å². The molecule has 2 aromatic carbocycles. The van der Waals surface area contributed by atoms with E-state index < -0.39 is 10.0 Å². The molecule has 5 heteroatoms. The predicted octanol–water partition coefficient (Wildman–Crippen LogP) is 3.38. The molecule has 0 bridgehead atoms. The Bertz CT molecular complexity index is 898. The fourth-order valence-electron chi connectivity index (χ4n) is 4.10. The molecule has 144 valence electrons. The molecule has 0 N–H and O–H groups in total. The van der Waals surface area contributed by atoms with E-state index in [1.54, 1.807) is 10.4 Å². The van der Waals surface area contributed by atoms with Crippen LogP contribution in [0, 0.1) is 6.92 Å². The molecular formula is C22H28N2O2S. The highest BCUT2D eigenvalue weighted by Gasteiger charge is 2.29. The molecule has 27 heavy (non-hydrogen) atoms. The zero-order valence-corrected chi connectivity index (χ0v) is 16.8. The van der Waals surface area contributed by atoms with Gasteiger partial charge in [-0.25, -0.2) is 8.42 Å². The van der Waals surface area contributed by atoms with Gasteiger partial charge in [-0.15, -0.1) is 0 Å². The van der Waals surface area contributed by atoms with Gasteiger partial charge in [0.25, 0.3) is 0 Å². The minimum absolute atomic E-state index is 0.468. The van der Waals surface area contributed by atoms with E-state index in [4.69, 9.17) is 0 Å². The van der Waals surface area contributed by atoms with Crippen molar-refractivity contribution in [2.24, 2.45) is 0 Å². The van der Waals surface area contributed by atoms with Gasteiger partial charge in [0.2, 0.25) is 10.0 Å². The Morgan fingerprint density at radius 1 is 0.852 bits per heavy atom. The summed E-state index contributed by atoms with van der Waals surface area (Å²) in [5.41, 5.74) is 5.09. The summed E-state index contributed by atoms with van der Waals surface area (Å²) in [6.07, 6.45) is 4.45. The summed E-state index contributed by atoms with van der Waals surface area (Å²) in [7, 11) is -3.39. The number of nitrogens with zero attached hydrogens (tertiary/aromatic N) is 2. The molecule has 0 unspecified atom stereocenters. The lowest BCUT2D eigenvalue weighted by molar-refractivity contribution is 0.181. The van der Waals surface area contributed by atoms with Crippen molar-refractivity contribution in [1.82, 2.24) is 9.21 Å². The molecule has 0 aromatic heterocycles. The van der Waals surface area contributed by atoms with Crippen LogP contribution in [0.15, 0.2) is 47.4 Å². The van der Waals surface area contributed by atoms with Gasteiger partial charge in [0.05, 0.1) is 4.90 Å². The van der Waals surface area contributed by atoms with E-state index >= 15 is 0 Å². The number of fused-ring (bicyclic) bond motifs is 1. The molecule has 1 heterocycles. The second kappa shape index (κ2) is 7.74. The normalized spacial score (nSPS) is 19.0.